The van der Waals surface area contributed by atoms with E-state index in [4.69, 9.17) is 0 Å². The first-order valence-corrected chi connectivity index (χ1v) is 7.01. The van der Waals surface area contributed by atoms with E-state index in [1.807, 2.05) is 26.2 Å². The zero-order valence-electron chi connectivity index (χ0n) is 13.0. The number of nitrogens with one attached hydrogen (secondary N) is 2. The lowest BCUT2D eigenvalue weighted by molar-refractivity contribution is 0.101. The quantitative estimate of drug-likeness (QED) is 0.754. The summed E-state index contributed by atoms with van der Waals surface area (Å²) in [6, 6.07) is 7.21. The van der Waals surface area contributed by atoms with Crippen LogP contribution in [-0.2, 0) is 0 Å². The largest absolute Gasteiger partial charge is 0.352 e. The molecule has 0 aliphatic heterocycles. The van der Waals surface area contributed by atoms with E-state index in [-0.39, 0.29) is 5.78 Å². The first-order chi connectivity index (χ1) is 10.5. The first kappa shape index (κ1) is 15.8. The lowest BCUT2D eigenvalue weighted by atomic mass is 10.1. The van der Waals surface area contributed by atoms with Crippen molar-refractivity contribution in [3.8, 4) is 0 Å². The summed E-state index contributed by atoms with van der Waals surface area (Å²) in [5.41, 5.74) is 1.52. The van der Waals surface area contributed by atoms with Gasteiger partial charge in [0, 0.05) is 24.3 Å². The van der Waals surface area contributed by atoms with Gasteiger partial charge in [0.05, 0.1) is 6.20 Å². The van der Waals surface area contributed by atoms with Crippen molar-refractivity contribution < 1.29 is 4.79 Å². The van der Waals surface area contributed by atoms with E-state index in [1.54, 1.807) is 25.3 Å². The minimum Gasteiger partial charge on any atom is -0.352 e. The highest BCUT2D eigenvalue weighted by Gasteiger charge is 2.03. The van der Waals surface area contributed by atoms with E-state index in [0.717, 1.165) is 18.8 Å². The molecular weight excluding hydrogens is 280 g/mol. The Bertz CT molecular complexity index is 626. The average molecular weight is 300 g/mol. The van der Waals surface area contributed by atoms with Crippen molar-refractivity contribution in [1.82, 2.24) is 20.1 Å². The summed E-state index contributed by atoms with van der Waals surface area (Å²) in [6.07, 6.45) is 1.55. The molecule has 0 fully saturated rings. The maximum Gasteiger partial charge on any atom is 0.244 e. The van der Waals surface area contributed by atoms with Crippen LogP contribution in [0.4, 0.5) is 17.5 Å². The normalized spacial score (nSPS) is 10.5. The summed E-state index contributed by atoms with van der Waals surface area (Å²) in [6.45, 7) is 3.17. The highest BCUT2D eigenvalue weighted by molar-refractivity contribution is 5.94. The van der Waals surface area contributed by atoms with Crippen molar-refractivity contribution in [2.75, 3.05) is 37.8 Å². The highest BCUT2D eigenvalue weighted by Crippen LogP contribution is 2.15. The van der Waals surface area contributed by atoms with Crippen molar-refractivity contribution in [3.05, 3.63) is 36.0 Å². The van der Waals surface area contributed by atoms with Gasteiger partial charge in [-0.3, -0.25) is 4.79 Å². The van der Waals surface area contributed by atoms with Gasteiger partial charge in [0.2, 0.25) is 5.95 Å². The second-order valence-electron chi connectivity index (χ2n) is 5.15. The molecule has 2 aromatic rings. The number of Topliss-reactive ketones (excluding diaryl/α,β-unsaturated/α-hetero) is 1. The molecule has 1 aromatic carbocycles. The van der Waals surface area contributed by atoms with Crippen LogP contribution >= 0.6 is 0 Å². The van der Waals surface area contributed by atoms with Crippen LogP contribution in [0.15, 0.2) is 30.5 Å². The van der Waals surface area contributed by atoms with Gasteiger partial charge in [-0.2, -0.15) is 10.1 Å². The van der Waals surface area contributed by atoms with E-state index in [0.29, 0.717) is 17.3 Å². The molecule has 2 N–H and O–H groups in total. The van der Waals surface area contributed by atoms with Gasteiger partial charge in [-0.25, -0.2) is 0 Å². The van der Waals surface area contributed by atoms with Crippen LogP contribution in [0.25, 0.3) is 0 Å². The Morgan fingerprint density at radius 3 is 2.59 bits per heavy atom. The lowest BCUT2D eigenvalue weighted by Crippen LogP contribution is -2.21. The van der Waals surface area contributed by atoms with Gasteiger partial charge < -0.3 is 15.5 Å². The maximum atomic E-state index is 11.2. The number of carbonyl (C=O) groups is 1. The van der Waals surface area contributed by atoms with Crippen LogP contribution in [0.2, 0.25) is 0 Å². The molecule has 0 spiro atoms. The number of benzene rings is 1. The molecule has 0 aliphatic rings. The van der Waals surface area contributed by atoms with Crippen molar-refractivity contribution >= 4 is 23.2 Å². The number of rotatable bonds is 7. The zero-order chi connectivity index (χ0) is 15.9. The number of aromatic nitrogens is 3. The van der Waals surface area contributed by atoms with Gasteiger partial charge in [-0.15, -0.1) is 5.10 Å². The predicted molar refractivity (Wildman–Crippen MR) is 86.6 cm³/mol. The zero-order valence-corrected chi connectivity index (χ0v) is 13.0. The number of likely N-dealkylation sites (N-methyl/N-ethyl adjacent to an activating group) is 1. The van der Waals surface area contributed by atoms with Gasteiger partial charge in [0.1, 0.15) is 0 Å². The maximum absolute atomic E-state index is 11.2. The van der Waals surface area contributed by atoms with Crippen LogP contribution in [-0.4, -0.2) is 53.0 Å². The first-order valence-electron chi connectivity index (χ1n) is 7.01. The molecule has 0 radical (unpaired) electrons. The fourth-order valence-electron chi connectivity index (χ4n) is 1.77. The van der Waals surface area contributed by atoms with Gasteiger partial charge in [-0.1, -0.05) is 0 Å². The highest BCUT2D eigenvalue weighted by atomic mass is 16.1. The Hall–Kier alpha value is -2.54. The summed E-state index contributed by atoms with van der Waals surface area (Å²) in [4.78, 5) is 17.7. The fraction of sp³-hybridized carbons (Fsp3) is 0.333. The van der Waals surface area contributed by atoms with Gasteiger partial charge in [-0.05, 0) is 45.3 Å². The van der Waals surface area contributed by atoms with Crippen LogP contribution in [0.3, 0.4) is 0 Å². The average Bonchev–Trinajstić information content (AvgIpc) is 2.48. The SMILES string of the molecule is CC(=O)c1ccc(Nc2cnnc(NCCN(C)C)n2)cc1. The second kappa shape index (κ2) is 7.46. The molecule has 0 saturated heterocycles. The minimum atomic E-state index is 0.0441. The summed E-state index contributed by atoms with van der Waals surface area (Å²) in [5.74, 6) is 1.12. The minimum absolute atomic E-state index is 0.0441. The van der Waals surface area contributed by atoms with Crippen LogP contribution in [0, 0.1) is 0 Å². The molecule has 1 aromatic heterocycles. The molecule has 0 amide bonds. The summed E-state index contributed by atoms with van der Waals surface area (Å²) in [7, 11) is 4.01. The van der Waals surface area contributed by atoms with Crippen LogP contribution in [0.1, 0.15) is 17.3 Å². The molecule has 0 saturated carbocycles. The molecule has 7 heteroatoms. The molecule has 0 bridgehead atoms. The van der Waals surface area contributed by atoms with Crippen molar-refractivity contribution in [3.63, 3.8) is 0 Å². The Kier molecular flexibility index (Phi) is 5.37. The van der Waals surface area contributed by atoms with E-state index in [1.165, 1.54) is 0 Å². The summed E-state index contributed by atoms with van der Waals surface area (Å²) < 4.78 is 0. The van der Waals surface area contributed by atoms with E-state index >= 15 is 0 Å². The van der Waals surface area contributed by atoms with Gasteiger partial charge in [0.15, 0.2) is 11.6 Å². The van der Waals surface area contributed by atoms with Gasteiger partial charge in [0.25, 0.3) is 0 Å². The van der Waals surface area contributed by atoms with Crippen LogP contribution < -0.4 is 10.6 Å². The number of carbonyl (C=O) groups excluding carboxylic acids is 1. The summed E-state index contributed by atoms with van der Waals surface area (Å²) >= 11 is 0. The van der Waals surface area contributed by atoms with Crippen molar-refractivity contribution in [2.24, 2.45) is 0 Å². The Morgan fingerprint density at radius 1 is 1.23 bits per heavy atom. The third kappa shape index (κ3) is 4.78. The molecule has 0 unspecified atom stereocenters. The Balaban J connectivity index is 1.99. The van der Waals surface area contributed by atoms with Crippen molar-refractivity contribution in [1.29, 1.82) is 0 Å². The Morgan fingerprint density at radius 2 is 1.95 bits per heavy atom. The number of ketones is 1. The number of anilines is 3. The van der Waals surface area contributed by atoms with E-state index in [2.05, 4.69) is 30.7 Å². The Labute approximate surface area is 129 Å². The third-order valence-electron chi connectivity index (χ3n) is 2.96. The molecular formula is C15H20N6O. The van der Waals surface area contributed by atoms with Gasteiger partial charge >= 0.3 is 0 Å². The van der Waals surface area contributed by atoms with E-state index < -0.39 is 0 Å². The molecule has 7 nitrogen and oxygen atoms in total. The smallest absolute Gasteiger partial charge is 0.244 e. The lowest BCUT2D eigenvalue weighted by Gasteiger charge is -2.10. The number of hydrogen-bond acceptors (Lipinski definition) is 7. The molecule has 0 aliphatic carbocycles. The standard InChI is InChI=1S/C15H20N6O/c1-11(22)12-4-6-13(7-5-12)18-14-10-17-20-15(19-14)16-8-9-21(2)3/h4-7,10H,8-9H2,1-3H3,(H2,16,18,19,20). The molecule has 116 valence electrons. The predicted octanol–water partition coefficient (Wildman–Crippen LogP) is 1.79. The fourth-order valence-corrected chi connectivity index (χ4v) is 1.77. The number of hydrogen-bond donors (Lipinski definition) is 2. The van der Waals surface area contributed by atoms with E-state index in [9.17, 15) is 4.79 Å². The third-order valence-corrected chi connectivity index (χ3v) is 2.96. The second-order valence-corrected chi connectivity index (χ2v) is 5.15. The molecule has 0 atom stereocenters. The topological polar surface area (TPSA) is 83.0 Å². The number of nitrogens with zero attached hydrogens (tertiary/aromatic N) is 4. The van der Waals surface area contributed by atoms with Crippen molar-refractivity contribution in [2.45, 2.75) is 6.92 Å². The molecule has 1 heterocycles. The molecule has 22 heavy (non-hydrogen) atoms. The van der Waals surface area contributed by atoms with Crippen LogP contribution in [0.5, 0.6) is 0 Å². The monoisotopic (exact) mass is 300 g/mol. The summed E-state index contributed by atoms with van der Waals surface area (Å²) in [5, 5.41) is 14.1. The molecule has 2 rings (SSSR count).